The van der Waals surface area contributed by atoms with Crippen molar-refractivity contribution in [3.8, 4) is 0 Å². The first-order valence-corrected chi connectivity index (χ1v) is 9.23. The minimum Gasteiger partial charge on any atom is -0.379 e. The van der Waals surface area contributed by atoms with E-state index in [9.17, 15) is 0 Å². The monoisotopic (exact) mass is 298 g/mol. The van der Waals surface area contributed by atoms with Crippen molar-refractivity contribution in [1.29, 1.82) is 0 Å². The summed E-state index contributed by atoms with van der Waals surface area (Å²) in [5, 5.41) is 0. The van der Waals surface area contributed by atoms with E-state index in [0.29, 0.717) is 39.1 Å². The second-order valence-electron chi connectivity index (χ2n) is 4.26. The predicted molar refractivity (Wildman–Crippen MR) is 81.6 cm³/mol. The SMILES string of the molecule is CCOCCO[Si](Cc1ccccc1)(OCC)OCC. The van der Waals surface area contributed by atoms with Gasteiger partial charge in [0.15, 0.2) is 0 Å². The topological polar surface area (TPSA) is 36.9 Å². The van der Waals surface area contributed by atoms with Gasteiger partial charge in [-0.1, -0.05) is 30.3 Å². The highest BCUT2D eigenvalue weighted by Crippen LogP contribution is 2.17. The van der Waals surface area contributed by atoms with E-state index in [4.69, 9.17) is 18.0 Å². The molecular weight excluding hydrogens is 272 g/mol. The Kier molecular flexibility index (Phi) is 8.72. The average Bonchev–Trinajstić information content (AvgIpc) is 2.45. The lowest BCUT2D eigenvalue weighted by Gasteiger charge is -2.29. The van der Waals surface area contributed by atoms with Gasteiger partial charge in [-0.05, 0) is 26.3 Å². The van der Waals surface area contributed by atoms with Crippen molar-refractivity contribution < 1.29 is 18.0 Å². The van der Waals surface area contributed by atoms with Crippen LogP contribution >= 0.6 is 0 Å². The summed E-state index contributed by atoms with van der Waals surface area (Å²) >= 11 is 0. The van der Waals surface area contributed by atoms with E-state index in [0.717, 1.165) is 0 Å². The molecule has 0 fully saturated rings. The Bertz CT molecular complexity index is 339. The third-order valence-electron chi connectivity index (χ3n) is 2.75. The number of ether oxygens (including phenoxy) is 1. The third kappa shape index (κ3) is 6.15. The van der Waals surface area contributed by atoms with Crippen molar-refractivity contribution in [3.63, 3.8) is 0 Å². The molecule has 0 saturated heterocycles. The highest BCUT2D eigenvalue weighted by molar-refractivity contribution is 6.60. The van der Waals surface area contributed by atoms with E-state index < -0.39 is 8.80 Å². The van der Waals surface area contributed by atoms with Crippen LogP contribution in [0.5, 0.6) is 0 Å². The van der Waals surface area contributed by atoms with Gasteiger partial charge in [-0.25, -0.2) is 0 Å². The zero-order chi connectivity index (χ0) is 14.7. The summed E-state index contributed by atoms with van der Waals surface area (Å²) in [6.07, 6.45) is 0. The summed E-state index contributed by atoms with van der Waals surface area (Å²) in [5.41, 5.74) is 1.18. The van der Waals surface area contributed by atoms with Crippen molar-refractivity contribution in [1.82, 2.24) is 0 Å². The Morgan fingerprint density at radius 1 is 0.800 bits per heavy atom. The lowest BCUT2D eigenvalue weighted by molar-refractivity contribution is 0.0359. The van der Waals surface area contributed by atoms with Crippen molar-refractivity contribution in [3.05, 3.63) is 35.9 Å². The maximum atomic E-state index is 5.99. The lowest BCUT2D eigenvalue weighted by atomic mass is 10.2. The minimum atomic E-state index is -2.67. The summed E-state index contributed by atoms with van der Waals surface area (Å²) in [6.45, 7) is 8.86. The Labute approximate surface area is 123 Å². The molecule has 0 atom stereocenters. The fourth-order valence-corrected chi connectivity index (χ4v) is 4.53. The molecule has 4 nitrogen and oxygen atoms in total. The van der Waals surface area contributed by atoms with Crippen LogP contribution in [0, 0.1) is 0 Å². The van der Waals surface area contributed by atoms with Gasteiger partial charge < -0.3 is 18.0 Å². The van der Waals surface area contributed by atoms with Crippen LogP contribution in [0.2, 0.25) is 0 Å². The summed E-state index contributed by atoms with van der Waals surface area (Å²) in [4.78, 5) is 0. The second-order valence-corrected chi connectivity index (χ2v) is 6.84. The van der Waals surface area contributed by atoms with Crippen LogP contribution in [0.1, 0.15) is 26.3 Å². The third-order valence-corrected chi connectivity index (χ3v) is 5.69. The first-order valence-electron chi connectivity index (χ1n) is 7.29. The Morgan fingerprint density at radius 2 is 1.45 bits per heavy atom. The van der Waals surface area contributed by atoms with Crippen LogP contribution in [-0.2, 0) is 24.1 Å². The molecule has 0 aliphatic rings. The molecule has 0 bridgehead atoms. The molecule has 1 rings (SSSR count). The largest absolute Gasteiger partial charge is 0.505 e. The molecule has 114 valence electrons. The van der Waals surface area contributed by atoms with Gasteiger partial charge in [0.2, 0.25) is 0 Å². The Hall–Kier alpha value is -0.723. The molecule has 0 aliphatic heterocycles. The predicted octanol–water partition coefficient (Wildman–Crippen LogP) is 2.83. The molecule has 1 aromatic carbocycles. The normalized spacial score (nSPS) is 11.8. The zero-order valence-electron chi connectivity index (χ0n) is 12.8. The van der Waals surface area contributed by atoms with E-state index in [2.05, 4.69) is 12.1 Å². The molecule has 0 saturated carbocycles. The number of benzene rings is 1. The van der Waals surface area contributed by atoms with Crippen molar-refractivity contribution in [2.45, 2.75) is 26.8 Å². The van der Waals surface area contributed by atoms with Gasteiger partial charge in [-0.15, -0.1) is 0 Å². The van der Waals surface area contributed by atoms with E-state index >= 15 is 0 Å². The molecule has 0 aromatic heterocycles. The quantitative estimate of drug-likeness (QED) is 0.465. The van der Waals surface area contributed by atoms with Crippen LogP contribution in [0.4, 0.5) is 0 Å². The smallest absolute Gasteiger partial charge is 0.379 e. The summed E-state index contributed by atoms with van der Waals surface area (Å²) in [7, 11) is -2.67. The average molecular weight is 298 g/mol. The van der Waals surface area contributed by atoms with Crippen LogP contribution in [-0.4, -0.2) is 41.8 Å². The molecule has 0 amide bonds. The van der Waals surface area contributed by atoms with Gasteiger partial charge in [0, 0.05) is 25.9 Å². The number of hydrogen-bond donors (Lipinski definition) is 0. The van der Waals surface area contributed by atoms with E-state index in [1.165, 1.54) is 5.56 Å². The van der Waals surface area contributed by atoms with Crippen LogP contribution in [0.25, 0.3) is 0 Å². The maximum absolute atomic E-state index is 5.99. The molecule has 0 radical (unpaired) electrons. The number of rotatable bonds is 11. The molecule has 0 aliphatic carbocycles. The molecule has 0 N–H and O–H groups in total. The van der Waals surface area contributed by atoms with Crippen LogP contribution in [0.3, 0.4) is 0 Å². The minimum absolute atomic E-state index is 0.507. The fourth-order valence-electron chi connectivity index (χ4n) is 1.96. The highest BCUT2D eigenvalue weighted by Gasteiger charge is 2.40. The molecule has 20 heavy (non-hydrogen) atoms. The molecule has 5 heteroatoms. The summed E-state index contributed by atoms with van der Waals surface area (Å²) in [5.74, 6) is 0. The van der Waals surface area contributed by atoms with E-state index in [1.54, 1.807) is 0 Å². The molecule has 0 heterocycles. The highest BCUT2D eigenvalue weighted by atomic mass is 28.4. The first-order chi connectivity index (χ1) is 9.76. The fraction of sp³-hybridized carbons (Fsp3) is 0.600. The van der Waals surface area contributed by atoms with Gasteiger partial charge in [0.1, 0.15) is 0 Å². The molecule has 1 aromatic rings. The van der Waals surface area contributed by atoms with Crippen LogP contribution < -0.4 is 0 Å². The van der Waals surface area contributed by atoms with E-state index in [1.807, 2.05) is 39.0 Å². The van der Waals surface area contributed by atoms with Gasteiger partial charge in [0.05, 0.1) is 13.2 Å². The Morgan fingerprint density at radius 3 is 2.00 bits per heavy atom. The maximum Gasteiger partial charge on any atom is 0.505 e. The van der Waals surface area contributed by atoms with Crippen molar-refractivity contribution >= 4 is 8.80 Å². The standard InChI is InChI=1S/C15H26O4Si/c1-4-16-12-13-19-20(17-5-2,18-6-3)14-15-10-8-7-9-11-15/h7-11H,4-6,12-14H2,1-3H3. The van der Waals surface area contributed by atoms with Gasteiger partial charge in [-0.3, -0.25) is 0 Å². The Balaban J connectivity index is 2.69. The second kappa shape index (κ2) is 10.1. The molecular formula is C15H26O4Si. The van der Waals surface area contributed by atoms with Crippen molar-refractivity contribution in [2.75, 3.05) is 33.0 Å². The molecule has 0 spiro atoms. The summed E-state index contributed by atoms with van der Waals surface area (Å²) in [6, 6.07) is 10.9. The lowest BCUT2D eigenvalue weighted by Crippen LogP contribution is -2.49. The van der Waals surface area contributed by atoms with Crippen molar-refractivity contribution in [2.24, 2.45) is 0 Å². The first kappa shape index (κ1) is 17.3. The number of hydrogen-bond acceptors (Lipinski definition) is 4. The van der Waals surface area contributed by atoms with E-state index in [-0.39, 0.29) is 0 Å². The summed E-state index contributed by atoms with van der Waals surface area (Å²) < 4.78 is 23.1. The van der Waals surface area contributed by atoms with Crippen LogP contribution in [0.15, 0.2) is 30.3 Å². The molecule has 0 unspecified atom stereocenters. The van der Waals surface area contributed by atoms with Gasteiger partial charge in [0.25, 0.3) is 0 Å². The van der Waals surface area contributed by atoms with Gasteiger partial charge >= 0.3 is 8.80 Å². The zero-order valence-corrected chi connectivity index (χ0v) is 13.8. The van der Waals surface area contributed by atoms with Gasteiger partial charge in [-0.2, -0.15) is 0 Å².